The average molecular weight is 489 g/mol. The summed E-state index contributed by atoms with van der Waals surface area (Å²) in [5.41, 5.74) is 1.01. The molecular weight excluding hydrogens is 460 g/mol. The maximum absolute atomic E-state index is 13.1. The molecule has 0 bridgehead atoms. The van der Waals surface area contributed by atoms with Crippen LogP contribution in [-0.4, -0.2) is 34.6 Å². The minimum Gasteiger partial charge on any atom is -0.352 e. The summed E-state index contributed by atoms with van der Waals surface area (Å²) >= 11 is 5.16. The maximum atomic E-state index is 13.1. The van der Waals surface area contributed by atoms with Crippen LogP contribution in [0.5, 0.6) is 0 Å². The fourth-order valence-electron chi connectivity index (χ4n) is 3.72. The van der Waals surface area contributed by atoms with E-state index in [0.717, 1.165) is 40.6 Å². The van der Waals surface area contributed by atoms with Gasteiger partial charge in [0, 0.05) is 34.1 Å². The molecule has 0 spiro atoms. The number of carbonyl (C=O) groups excluding carboxylic acids is 2. The van der Waals surface area contributed by atoms with Crippen molar-refractivity contribution in [2.24, 2.45) is 0 Å². The number of hydrogen-bond donors (Lipinski definition) is 1. The van der Waals surface area contributed by atoms with Gasteiger partial charge in [0.05, 0.1) is 0 Å². The van der Waals surface area contributed by atoms with Gasteiger partial charge in [0.2, 0.25) is 11.8 Å². The van der Waals surface area contributed by atoms with Crippen molar-refractivity contribution in [2.75, 3.05) is 5.75 Å². The van der Waals surface area contributed by atoms with Crippen molar-refractivity contribution < 1.29 is 9.59 Å². The molecule has 1 fully saturated rings. The Morgan fingerprint density at radius 3 is 2.57 bits per heavy atom. The van der Waals surface area contributed by atoms with Gasteiger partial charge in [-0.1, -0.05) is 59.1 Å². The molecule has 4 nitrogen and oxygen atoms in total. The molecule has 0 aromatic heterocycles. The van der Waals surface area contributed by atoms with E-state index in [-0.39, 0.29) is 17.9 Å². The molecule has 0 saturated heterocycles. The highest BCUT2D eigenvalue weighted by Crippen LogP contribution is 2.21. The number of nitrogens with zero attached hydrogens (tertiary/aromatic N) is 1. The minimum atomic E-state index is -0.501. The van der Waals surface area contributed by atoms with E-state index in [4.69, 9.17) is 0 Å². The largest absolute Gasteiger partial charge is 0.352 e. The summed E-state index contributed by atoms with van der Waals surface area (Å²) in [6.45, 7) is 2.26. The highest BCUT2D eigenvalue weighted by atomic mass is 79.9. The quantitative estimate of drug-likeness (QED) is 0.480. The van der Waals surface area contributed by atoms with E-state index in [1.165, 1.54) is 0 Å². The molecule has 0 radical (unpaired) electrons. The van der Waals surface area contributed by atoms with E-state index in [9.17, 15) is 9.59 Å². The Morgan fingerprint density at radius 1 is 1.13 bits per heavy atom. The molecule has 1 aliphatic carbocycles. The van der Waals surface area contributed by atoms with E-state index in [1.54, 1.807) is 16.7 Å². The number of rotatable bonds is 9. The van der Waals surface area contributed by atoms with Gasteiger partial charge >= 0.3 is 0 Å². The third-order valence-corrected chi connectivity index (χ3v) is 6.95. The highest BCUT2D eigenvalue weighted by molar-refractivity contribution is 9.10. The van der Waals surface area contributed by atoms with Gasteiger partial charge in [0.25, 0.3) is 0 Å². The first-order chi connectivity index (χ1) is 14.5. The zero-order valence-corrected chi connectivity index (χ0v) is 19.8. The molecule has 1 atom stereocenters. The van der Waals surface area contributed by atoms with Crippen molar-refractivity contribution in [1.82, 2.24) is 10.2 Å². The molecule has 1 saturated carbocycles. The first kappa shape index (κ1) is 22.9. The summed E-state index contributed by atoms with van der Waals surface area (Å²) in [7, 11) is 0. The Kier molecular flexibility index (Phi) is 8.82. The monoisotopic (exact) mass is 488 g/mol. The number of benzene rings is 2. The molecule has 1 N–H and O–H groups in total. The number of hydrogen-bond acceptors (Lipinski definition) is 3. The molecule has 2 amide bonds. The number of halogens is 1. The first-order valence-corrected chi connectivity index (χ1v) is 12.3. The van der Waals surface area contributed by atoms with Gasteiger partial charge in [0.15, 0.2) is 0 Å². The first-order valence-electron chi connectivity index (χ1n) is 10.5. The minimum absolute atomic E-state index is 0.00692. The Hall–Kier alpha value is -1.79. The lowest BCUT2D eigenvalue weighted by Gasteiger charge is -2.30. The third-order valence-electron chi connectivity index (χ3n) is 5.44. The smallest absolute Gasteiger partial charge is 0.242 e. The van der Waals surface area contributed by atoms with Crippen LogP contribution < -0.4 is 5.32 Å². The third kappa shape index (κ3) is 6.88. The molecule has 160 valence electrons. The molecule has 1 unspecified atom stereocenters. The summed E-state index contributed by atoms with van der Waals surface area (Å²) < 4.78 is 0.968. The lowest BCUT2D eigenvalue weighted by atomic mass is 10.1. The highest BCUT2D eigenvalue weighted by Gasteiger charge is 2.28. The van der Waals surface area contributed by atoms with E-state index in [2.05, 4.69) is 21.2 Å². The molecule has 0 aliphatic heterocycles. The molecule has 30 heavy (non-hydrogen) atoms. The zero-order valence-electron chi connectivity index (χ0n) is 17.4. The normalized spacial score (nSPS) is 15.0. The van der Waals surface area contributed by atoms with Crippen LogP contribution in [0.1, 0.15) is 44.6 Å². The van der Waals surface area contributed by atoms with Crippen LogP contribution in [0.3, 0.4) is 0 Å². The van der Waals surface area contributed by atoms with Crippen molar-refractivity contribution in [2.45, 2.75) is 62.6 Å². The van der Waals surface area contributed by atoms with Crippen molar-refractivity contribution >= 4 is 39.5 Å². The van der Waals surface area contributed by atoms with Gasteiger partial charge in [-0.15, -0.1) is 11.8 Å². The van der Waals surface area contributed by atoms with Crippen molar-refractivity contribution in [1.29, 1.82) is 0 Å². The lowest BCUT2D eigenvalue weighted by Crippen LogP contribution is -2.49. The van der Waals surface area contributed by atoms with Crippen LogP contribution in [-0.2, 0) is 16.1 Å². The number of carbonyl (C=O) groups is 2. The lowest BCUT2D eigenvalue weighted by molar-refractivity contribution is -0.140. The van der Waals surface area contributed by atoms with Gasteiger partial charge in [-0.2, -0.15) is 0 Å². The fraction of sp³-hybridized carbons (Fsp3) is 0.417. The van der Waals surface area contributed by atoms with Crippen LogP contribution in [0.15, 0.2) is 64.0 Å². The molecular formula is C24H29BrN2O2S. The van der Waals surface area contributed by atoms with Crippen molar-refractivity contribution in [3.63, 3.8) is 0 Å². The topological polar surface area (TPSA) is 49.4 Å². The van der Waals surface area contributed by atoms with Crippen LogP contribution >= 0.6 is 27.7 Å². The van der Waals surface area contributed by atoms with Crippen molar-refractivity contribution in [3.05, 3.63) is 64.6 Å². The fourth-order valence-corrected chi connectivity index (χ4v) is 5.03. The van der Waals surface area contributed by atoms with Gasteiger partial charge in [-0.25, -0.2) is 0 Å². The van der Waals surface area contributed by atoms with Crippen LogP contribution in [0.4, 0.5) is 0 Å². The summed E-state index contributed by atoms with van der Waals surface area (Å²) in [6, 6.07) is 17.7. The average Bonchev–Trinajstić information content (AvgIpc) is 3.25. The molecule has 2 aromatic rings. The SMILES string of the molecule is CC(C(=O)NC1CCCC1)N(Cc1cccc(Br)c1)C(=O)CCSc1ccccc1. The van der Waals surface area contributed by atoms with E-state index >= 15 is 0 Å². The Morgan fingerprint density at radius 2 is 1.87 bits per heavy atom. The summed E-state index contributed by atoms with van der Waals surface area (Å²) in [5.74, 6) is 0.642. The maximum Gasteiger partial charge on any atom is 0.242 e. The Labute approximate surface area is 191 Å². The standard InChI is InChI=1S/C24H29BrN2O2S/c1-18(24(29)26-21-10-5-6-11-21)27(17-19-8-7-9-20(25)16-19)23(28)14-15-30-22-12-3-2-4-13-22/h2-4,7-9,12-13,16,18,21H,5-6,10-11,14-15,17H2,1H3,(H,26,29). The van der Waals surface area contributed by atoms with Gasteiger partial charge in [-0.05, 0) is 49.6 Å². The summed E-state index contributed by atoms with van der Waals surface area (Å²) in [4.78, 5) is 28.9. The molecule has 1 aliphatic rings. The Bertz CT molecular complexity index is 840. The van der Waals surface area contributed by atoms with Gasteiger partial charge in [-0.3, -0.25) is 9.59 Å². The summed E-state index contributed by atoms with van der Waals surface area (Å²) in [5, 5.41) is 3.15. The Balaban J connectivity index is 1.65. The predicted octanol–water partition coefficient (Wildman–Crippen LogP) is 5.41. The summed E-state index contributed by atoms with van der Waals surface area (Å²) in [6.07, 6.45) is 4.79. The second-order valence-electron chi connectivity index (χ2n) is 7.73. The van der Waals surface area contributed by atoms with Crippen LogP contribution in [0.2, 0.25) is 0 Å². The molecule has 0 heterocycles. The van der Waals surface area contributed by atoms with E-state index < -0.39 is 6.04 Å². The van der Waals surface area contributed by atoms with Crippen molar-refractivity contribution in [3.8, 4) is 0 Å². The number of thioether (sulfide) groups is 1. The second kappa shape index (κ2) is 11.6. The van der Waals surface area contributed by atoms with E-state index in [1.807, 2.05) is 61.5 Å². The predicted molar refractivity (Wildman–Crippen MR) is 126 cm³/mol. The van der Waals surface area contributed by atoms with E-state index in [0.29, 0.717) is 18.7 Å². The molecule has 6 heteroatoms. The molecule has 3 rings (SSSR count). The molecule has 2 aromatic carbocycles. The van der Waals surface area contributed by atoms with Crippen LogP contribution in [0.25, 0.3) is 0 Å². The number of nitrogens with one attached hydrogen (secondary N) is 1. The zero-order chi connectivity index (χ0) is 21.3. The second-order valence-corrected chi connectivity index (χ2v) is 9.81. The van der Waals surface area contributed by atoms with Crippen LogP contribution in [0, 0.1) is 0 Å². The van der Waals surface area contributed by atoms with Gasteiger partial charge < -0.3 is 10.2 Å². The number of amides is 2. The van der Waals surface area contributed by atoms with Gasteiger partial charge in [0.1, 0.15) is 6.04 Å².